The molecule has 25 heavy (non-hydrogen) atoms. The zero-order valence-corrected chi connectivity index (χ0v) is 12.6. The van der Waals surface area contributed by atoms with Gasteiger partial charge in [-0.3, -0.25) is 20.4 Å². The number of aromatic amines is 1. The summed E-state index contributed by atoms with van der Waals surface area (Å²) < 4.78 is 38.0. The van der Waals surface area contributed by atoms with Crippen molar-refractivity contribution in [3.05, 3.63) is 71.4 Å². The van der Waals surface area contributed by atoms with Crippen LogP contribution in [0.15, 0.2) is 54.7 Å². The van der Waals surface area contributed by atoms with Gasteiger partial charge in [-0.05, 0) is 24.3 Å². The molecule has 0 fully saturated rings. The molecule has 0 saturated carbocycles. The first-order valence-corrected chi connectivity index (χ1v) is 7.20. The van der Waals surface area contributed by atoms with Gasteiger partial charge in [-0.2, -0.15) is 13.2 Å². The summed E-state index contributed by atoms with van der Waals surface area (Å²) in [6, 6.07) is 11.0. The van der Waals surface area contributed by atoms with Gasteiger partial charge in [0.1, 0.15) is 0 Å². The fraction of sp³-hybridized carbons (Fsp3) is 0.0588. The van der Waals surface area contributed by atoms with Gasteiger partial charge in [0, 0.05) is 22.7 Å². The topological polar surface area (TPSA) is 74.0 Å². The van der Waals surface area contributed by atoms with Crippen LogP contribution in [0.2, 0.25) is 0 Å². The number of hydrazine groups is 1. The second-order valence-electron chi connectivity index (χ2n) is 5.23. The zero-order valence-electron chi connectivity index (χ0n) is 12.6. The van der Waals surface area contributed by atoms with Crippen molar-refractivity contribution in [1.82, 2.24) is 15.8 Å². The van der Waals surface area contributed by atoms with Gasteiger partial charge in [-0.15, -0.1) is 0 Å². The van der Waals surface area contributed by atoms with Crippen molar-refractivity contribution in [1.29, 1.82) is 0 Å². The Morgan fingerprint density at radius 1 is 0.920 bits per heavy atom. The van der Waals surface area contributed by atoms with Gasteiger partial charge in [-0.25, -0.2) is 0 Å². The van der Waals surface area contributed by atoms with E-state index in [0.717, 1.165) is 17.6 Å². The maximum atomic E-state index is 12.7. The van der Waals surface area contributed by atoms with Gasteiger partial charge in [-0.1, -0.05) is 24.3 Å². The number of rotatable bonds is 2. The number of carbonyl (C=O) groups excluding carboxylic acids is 2. The smallest absolute Gasteiger partial charge is 0.360 e. The number of alkyl halides is 3. The molecule has 3 N–H and O–H groups in total. The van der Waals surface area contributed by atoms with Crippen LogP contribution in [-0.4, -0.2) is 16.8 Å². The van der Waals surface area contributed by atoms with E-state index < -0.39 is 23.6 Å². The summed E-state index contributed by atoms with van der Waals surface area (Å²) in [6.45, 7) is 0. The second kappa shape index (κ2) is 6.31. The summed E-state index contributed by atoms with van der Waals surface area (Å²) in [5.41, 5.74) is 4.20. The van der Waals surface area contributed by atoms with Crippen molar-refractivity contribution >= 4 is 22.7 Å². The van der Waals surface area contributed by atoms with E-state index in [2.05, 4.69) is 15.8 Å². The van der Waals surface area contributed by atoms with Crippen LogP contribution in [0.4, 0.5) is 13.2 Å². The van der Waals surface area contributed by atoms with Gasteiger partial charge in [0.15, 0.2) is 0 Å². The van der Waals surface area contributed by atoms with Crippen LogP contribution in [0.1, 0.15) is 26.3 Å². The van der Waals surface area contributed by atoms with E-state index in [9.17, 15) is 22.8 Å². The lowest BCUT2D eigenvalue weighted by Gasteiger charge is -2.10. The highest BCUT2D eigenvalue weighted by molar-refractivity contribution is 6.07. The molecule has 2 amide bonds. The number of hydrogen-bond donors (Lipinski definition) is 3. The molecule has 8 heteroatoms. The average molecular weight is 347 g/mol. The van der Waals surface area contributed by atoms with E-state index in [1.807, 2.05) is 0 Å². The summed E-state index contributed by atoms with van der Waals surface area (Å²) in [5.74, 6) is -1.43. The summed E-state index contributed by atoms with van der Waals surface area (Å²) in [5, 5.41) is 0.660. The third kappa shape index (κ3) is 3.47. The van der Waals surface area contributed by atoms with E-state index >= 15 is 0 Å². The van der Waals surface area contributed by atoms with E-state index in [0.29, 0.717) is 17.0 Å². The molecule has 0 aliphatic heterocycles. The number of nitrogens with one attached hydrogen (secondary N) is 3. The Hall–Kier alpha value is -3.29. The summed E-state index contributed by atoms with van der Waals surface area (Å²) >= 11 is 0. The number of fused-ring (bicyclic) bond motifs is 1. The van der Waals surface area contributed by atoms with Crippen molar-refractivity contribution in [2.24, 2.45) is 0 Å². The average Bonchev–Trinajstić information content (AvgIpc) is 3.03. The first-order valence-electron chi connectivity index (χ1n) is 7.20. The number of carbonyl (C=O) groups is 2. The Morgan fingerprint density at radius 3 is 2.40 bits per heavy atom. The number of aromatic nitrogens is 1. The van der Waals surface area contributed by atoms with Crippen molar-refractivity contribution in [2.45, 2.75) is 6.18 Å². The highest BCUT2D eigenvalue weighted by Gasteiger charge is 2.30. The monoisotopic (exact) mass is 347 g/mol. The molecule has 5 nitrogen and oxygen atoms in total. The lowest BCUT2D eigenvalue weighted by molar-refractivity contribution is -0.137. The first-order chi connectivity index (χ1) is 11.9. The van der Waals surface area contributed by atoms with Gasteiger partial charge in [0.2, 0.25) is 0 Å². The lowest BCUT2D eigenvalue weighted by atomic mass is 10.1. The van der Waals surface area contributed by atoms with Crippen LogP contribution in [0.5, 0.6) is 0 Å². The molecular weight excluding hydrogens is 335 g/mol. The van der Waals surface area contributed by atoms with Crippen LogP contribution in [0, 0.1) is 0 Å². The summed E-state index contributed by atoms with van der Waals surface area (Å²) in [4.78, 5) is 27.0. The number of halogens is 3. The standard InChI is InChI=1S/C17H12F3N3O2/c18-17(19,20)11-5-3-4-10(8-11)15(24)22-23-16(25)13-9-21-14-7-2-1-6-12(13)14/h1-9,21H,(H,22,24)(H,23,25). The van der Waals surface area contributed by atoms with E-state index in [4.69, 9.17) is 0 Å². The molecule has 3 rings (SSSR count). The molecule has 2 aromatic carbocycles. The van der Waals surface area contributed by atoms with Crippen LogP contribution < -0.4 is 10.9 Å². The number of hydrogen-bond acceptors (Lipinski definition) is 2. The molecular formula is C17H12F3N3O2. The largest absolute Gasteiger partial charge is 0.416 e. The molecule has 0 aliphatic carbocycles. The van der Waals surface area contributed by atoms with Crippen molar-refractivity contribution in [3.8, 4) is 0 Å². The van der Waals surface area contributed by atoms with Gasteiger partial charge < -0.3 is 4.98 Å². The second-order valence-corrected chi connectivity index (χ2v) is 5.23. The molecule has 0 bridgehead atoms. The minimum atomic E-state index is -4.55. The van der Waals surface area contributed by atoms with Crippen molar-refractivity contribution < 1.29 is 22.8 Å². The van der Waals surface area contributed by atoms with E-state index in [-0.39, 0.29) is 5.56 Å². The highest BCUT2D eigenvalue weighted by atomic mass is 19.4. The number of benzene rings is 2. The SMILES string of the molecule is O=C(NNC(=O)c1c[nH]c2ccccc12)c1cccc(C(F)(F)F)c1. The maximum Gasteiger partial charge on any atom is 0.416 e. The Labute approximate surface area is 139 Å². The van der Waals surface area contributed by atoms with Crippen LogP contribution in [0.25, 0.3) is 10.9 Å². The number of amides is 2. The summed E-state index contributed by atoms with van der Waals surface area (Å²) in [7, 11) is 0. The molecule has 0 aliphatic rings. The quantitative estimate of drug-likeness (QED) is 0.623. The van der Waals surface area contributed by atoms with Crippen molar-refractivity contribution in [3.63, 3.8) is 0 Å². The Bertz CT molecular complexity index is 947. The maximum absolute atomic E-state index is 12.7. The van der Waals surface area contributed by atoms with Crippen LogP contribution in [0.3, 0.4) is 0 Å². The fourth-order valence-corrected chi connectivity index (χ4v) is 2.35. The third-order valence-corrected chi connectivity index (χ3v) is 3.58. The molecule has 1 heterocycles. The summed E-state index contributed by atoms with van der Waals surface area (Å²) in [6.07, 6.45) is -3.07. The van der Waals surface area contributed by atoms with Gasteiger partial charge in [0.05, 0.1) is 11.1 Å². The molecule has 0 atom stereocenters. The zero-order chi connectivity index (χ0) is 18.0. The van der Waals surface area contributed by atoms with E-state index in [1.165, 1.54) is 12.3 Å². The molecule has 3 aromatic rings. The lowest BCUT2D eigenvalue weighted by Crippen LogP contribution is -2.41. The Balaban J connectivity index is 1.71. The van der Waals surface area contributed by atoms with Crippen LogP contribution in [-0.2, 0) is 6.18 Å². The van der Waals surface area contributed by atoms with Crippen LogP contribution >= 0.6 is 0 Å². The Morgan fingerprint density at radius 2 is 1.64 bits per heavy atom. The Kier molecular flexibility index (Phi) is 4.18. The van der Waals surface area contributed by atoms with E-state index in [1.54, 1.807) is 24.3 Å². The molecule has 0 radical (unpaired) electrons. The molecule has 0 saturated heterocycles. The normalized spacial score (nSPS) is 11.3. The third-order valence-electron chi connectivity index (χ3n) is 3.58. The predicted molar refractivity (Wildman–Crippen MR) is 84.7 cm³/mol. The minimum Gasteiger partial charge on any atom is -0.360 e. The number of para-hydroxylation sites is 1. The fourth-order valence-electron chi connectivity index (χ4n) is 2.35. The highest BCUT2D eigenvalue weighted by Crippen LogP contribution is 2.29. The number of H-pyrrole nitrogens is 1. The molecule has 0 unspecified atom stereocenters. The first kappa shape index (κ1) is 16.6. The van der Waals surface area contributed by atoms with Crippen molar-refractivity contribution in [2.75, 3.05) is 0 Å². The minimum absolute atomic E-state index is 0.214. The van der Waals surface area contributed by atoms with Gasteiger partial charge >= 0.3 is 6.18 Å². The molecule has 0 spiro atoms. The molecule has 128 valence electrons. The molecule has 1 aromatic heterocycles. The van der Waals surface area contributed by atoms with Gasteiger partial charge in [0.25, 0.3) is 11.8 Å². The predicted octanol–water partition coefficient (Wildman–Crippen LogP) is 3.26.